The van der Waals surface area contributed by atoms with Crippen LogP contribution in [0, 0.1) is 0 Å². The Labute approximate surface area is 148 Å². The number of rotatable bonds is 3. The molecular formula is C22H20N2O. The van der Waals surface area contributed by atoms with Crippen LogP contribution in [0.15, 0.2) is 79.1 Å². The molecule has 1 amide bonds. The molecule has 1 saturated heterocycles. The van der Waals surface area contributed by atoms with Crippen molar-refractivity contribution in [3.63, 3.8) is 0 Å². The largest absolute Gasteiger partial charge is 0.338 e. The third-order valence-electron chi connectivity index (χ3n) is 4.89. The van der Waals surface area contributed by atoms with Crippen LogP contribution in [-0.4, -0.2) is 28.9 Å². The Morgan fingerprint density at radius 1 is 0.880 bits per heavy atom. The molecule has 1 unspecified atom stereocenters. The second-order valence-corrected chi connectivity index (χ2v) is 6.46. The van der Waals surface area contributed by atoms with Crippen molar-refractivity contribution in [2.75, 3.05) is 13.1 Å². The summed E-state index contributed by atoms with van der Waals surface area (Å²) in [5, 5.41) is 0. The average Bonchev–Trinajstić information content (AvgIpc) is 3.19. The number of amides is 1. The van der Waals surface area contributed by atoms with E-state index in [0.29, 0.717) is 5.92 Å². The van der Waals surface area contributed by atoms with Crippen LogP contribution < -0.4 is 0 Å². The number of carbonyl (C=O) groups is 1. The van der Waals surface area contributed by atoms with Gasteiger partial charge in [-0.05, 0) is 47.4 Å². The number of carbonyl (C=O) groups excluding carboxylic acids is 1. The summed E-state index contributed by atoms with van der Waals surface area (Å²) < 4.78 is 0. The molecule has 0 saturated carbocycles. The number of likely N-dealkylation sites (tertiary alicyclic amines) is 1. The standard InChI is InChI=1S/C22H20N2O/c25-22(24-15-12-21(16-24)17-4-2-1-3-5-17)20-8-6-18(7-9-20)19-10-13-23-14-11-19/h1-11,13-14,21H,12,15-16H2. The van der Waals surface area contributed by atoms with Crippen LogP contribution in [0.2, 0.25) is 0 Å². The van der Waals surface area contributed by atoms with Gasteiger partial charge in [0.25, 0.3) is 5.91 Å². The maximum Gasteiger partial charge on any atom is 0.253 e. The van der Waals surface area contributed by atoms with Gasteiger partial charge in [-0.1, -0.05) is 42.5 Å². The number of pyridine rings is 1. The fourth-order valence-electron chi connectivity index (χ4n) is 3.47. The molecule has 3 heteroatoms. The fourth-order valence-corrected chi connectivity index (χ4v) is 3.47. The third-order valence-corrected chi connectivity index (χ3v) is 4.89. The molecule has 3 aromatic rings. The first-order valence-corrected chi connectivity index (χ1v) is 8.66. The summed E-state index contributed by atoms with van der Waals surface area (Å²) in [4.78, 5) is 18.8. The minimum absolute atomic E-state index is 0.125. The third kappa shape index (κ3) is 3.31. The van der Waals surface area contributed by atoms with E-state index in [1.165, 1.54) is 5.56 Å². The van der Waals surface area contributed by atoms with Crippen LogP contribution >= 0.6 is 0 Å². The van der Waals surface area contributed by atoms with E-state index in [1.807, 2.05) is 47.4 Å². The summed E-state index contributed by atoms with van der Waals surface area (Å²) in [6.45, 7) is 1.62. The average molecular weight is 328 g/mol. The smallest absolute Gasteiger partial charge is 0.253 e. The minimum atomic E-state index is 0.125. The van der Waals surface area contributed by atoms with Gasteiger partial charge in [-0.15, -0.1) is 0 Å². The second kappa shape index (κ2) is 6.89. The zero-order chi connectivity index (χ0) is 17.1. The Hall–Kier alpha value is -2.94. The number of aromatic nitrogens is 1. The van der Waals surface area contributed by atoms with E-state index in [2.05, 4.69) is 29.2 Å². The zero-order valence-corrected chi connectivity index (χ0v) is 14.0. The van der Waals surface area contributed by atoms with Crippen molar-refractivity contribution in [1.29, 1.82) is 0 Å². The van der Waals surface area contributed by atoms with E-state index < -0.39 is 0 Å². The topological polar surface area (TPSA) is 33.2 Å². The maximum absolute atomic E-state index is 12.8. The molecule has 0 spiro atoms. The molecule has 0 aliphatic carbocycles. The predicted molar refractivity (Wildman–Crippen MR) is 99.4 cm³/mol. The first kappa shape index (κ1) is 15.6. The summed E-state index contributed by atoms with van der Waals surface area (Å²) in [7, 11) is 0. The molecule has 124 valence electrons. The summed E-state index contributed by atoms with van der Waals surface area (Å²) in [5.41, 5.74) is 4.29. The molecule has 3 nitrogen and oxygen atoms in total. The van der Waals surface area contributed by atoms with Crippen LogP contribution in [0.25, 0.3) is 11.1 Å². The zero-order valence-electron chi connectivity index (χ0n) is 14.0. The lowest BCUT2D eigenvalue weighted by Gasteiger charge is -2.17. The highest BCUT2D eigenvalue weighted by Crippen LogP contribution is 2.28. The van der Waals surface area contributed by atoms with Gasteiger partial charge in [0.1, 0.15) is 0 Å². The fraction of sp³-hybridized carbons (Fsp3) is 0.182. The molecule has 1 fully saturated rings. The van der Waals surface area contributed by atoms with Crippen LogP contribution in [0.4, 0.5) is 0 Å². The van der Waals surface area contributed by atoms with Crippen LogP contribution in [-0.2, 0) is 0 Å². The first-order valence-electron chi connectivity index (χ1n) is 8.66. The predicted octanol–water partition coefficient (Wildman–Crippen LogP) is 4.38. The van der Waals surface area contributed by atoms with E-state index in [4.69, 9.17) is 0 Å². The molecule has 0 radical (unpaired) electrons. The summed E-state index contributed by atoms with van der Waals surface area (Å²) in [5.74, 6) is 0.570. The van der Waals surface area contributed by atoms with E-state index in [1.54, 1.807) is 12.4 Å². The van der Waals surface area contributed by atoms with E-state index in [-0.39, 0.29) is 5.91 Å². The minimum Gasteiger partial charge on any atom is -0.338 e. The van der Waals surface area contributed by atoms with Gasteiger partial charge >= 0.3 is 0 Å². The van der Waals surface area contributed by atoms with Crippen molar-refractivity contribution in [2.45, 2.75) is 12.3 Å². The summed E-state index contributed by atoms with van der Waals surface area (Å²) in [6, 6.07) is 22.3. The van der Waals surface area contributed by atoms with E-state index in [9.17, 15) is 4.79 Å². The molecule has 2 aromatic carbocycles. The summed E-state index contributed by atoms with van der Waals surface area (Å²) in [6.07, 6.45) is 4.59. The molecule has 1 aliphatic rings. The molecule has 2 heterocycles. The molecule has 25 heavy (non-hydrogen) atoms. The van der Waals surface area contributed by atoms with Gasteiger partial charge in [-0.25, -0.2) is 0 Å². The lowest BCUT2D eigenvalue weighted by Crippen LogP contribution is -2.28. The number of nitrogens with zero attached hydrogens (tertiary/aromatic N) is 2. The maximum atomic E-state index is 12.8. The van der Waals surface area contributed by atoms with Gasteiger partial charge in [0.2, 0.25) is 0 Å². The van der Waals surface area contributed by atoms with Gasteiger partial charge in [0.15, 0.2) is 0 Å². The monoisotopic (exact) mass is 328 g/mol. The van der Waals surface area contributed by atoms with Gasteiger partial charge in [0, 0.05) is 37.0 Å². The van der Waals surface area contributed by atoms with E-state index in [0.717, 1.165) is 36.2 Å². The Bertz CT molecular complexity index is 844. The van der Waals surface area contributed by atoms with Gasteiger partial charge in [-0.3, -0.25) is 9.78 Å². The SMILES string of the molecule is O=C(c1ccc(-c2ccncc2)cc1)N1CCC(c2ccccc2)C1. The lowest BCUT2D eigenvalue weighted by atomic mass is 9.99. The van der Waals surface area contributed by atoms with Crippen molar-refractivity contribution in [1.82, 2.24) is 9.88 Å². The molecular weight excluding hydrogens is 308 g/mol. The Kier molecular flexibility index (Phi) is 4.30. The van der Waals surface area contributed by atoms with Crippen molar-refractivity contribution in [3.8, 4) is 11.1 Å². The molecule has 1 atom stereocenters. The van der Waals surface area contributed by atoms with Gasteiger partial charge in [-0.2, -0.15) is 0 Å². The molecule has 4 rings (SSSR count). The number of hydrogen-bond acceptors (Lipinski definition) is 2. The normalized spacial score (nSPS) is 16.8. The van der Waals surface area contributed by atoms with E-state index >= 15 is 0 Å². The molecule has 1 aromatic heterocycles. The highest BCUT2D eigenvalue weighted by molar-refractivity contribution is 5.95. The van der Waals surface area contributed by atoms with Crippen LogP contribution in [0.1, 0.15) is 28.3 Å². The van der Waals surface area contributed by atoms with Gasteiger partial charge in [0.05, 0.1) is 0 Å². The van der Waals surface area contributed by atoms with Crippen molar-refractivity contribution >= 4 is 5.91 Å². The second-order valence-electron chi connectivity index (χ2n) is 6.46. The van der Waals surface area contributed by atoms with Crippen molar-refractivity contribution in [3.05, 3.63) is 90.3 Å². The van der Waals surface area contributed by atoms with Gasteiger partial charge < -0.3 is 4.90 Å². The molecule has 1 aliphatic heterocycles. The first-order chi connectivity index (χ1) is 12.3. The Morgan fingerprint density at radius 3 is 2.28 bits per heavy atom. The quantitative estimate of drug-likeness (QED) is 0.715. The Morgan fingerprint density at radius 2 is 1.56 bits per heavy atom. The molecule has 0 bridgehead atoms. The van der Waals surface area contributed by atoms with Crippen LogP contribution in [0.3, 0.4) is 0 Å². The summed E-state index contributed by atoms with van der Waals surface area (Å²) >= 11 is 0. The number of hydrogen-bond donors (Lipinski definition) is 0. The van der Waals surface area contributed by atoms with Crippen molar-refractivity contribution in [2.24, 2.45) is 0 Å². The number of benzene rings is 2. The lowest BCUT2D eigenvalue weighted by molar-refractivity contribution is 0.0791. The highest BCUT2D eigenvalue weighted by Gasteiger charge is 2.27. The Balaban J connectivity index is 1.46. The van der Waals surface area contributed by atoms with Crippen molar-refractivity contribution < 1.29 is 4.79 Å². The van der Waals surface area contributed by atoms with Crippen LogP contribution in [0.5, 0.6) is 0 Å². The molecule has 0 N–H and O–H groups in total. The highest BCUT2D eigenvalue weighted by atomic mass is 16.2.